The van der Waals surface area contributed by atoms with E-state index in [0.29, 0.717) is 0 Å². The minimum atomic E-state index is 0.0225. The fourth-order valence-corrected chi connectivity index (χ4v) is 5.95. The molecule has 0 atom stereocenters. The number of aromatic nitrogens is 4. The highest BCUT2D eigenvalue weighted by Gasteiger charge is 2.18. The molecule has 4 aromatic heterocycles. The molecule has 0 amide bonds. The van der Waals surface area contributed by atoms with E-state index in [-0.39, 0.29) is 5.41 Å². The van der Waals surface area contributed by atoms with Crippen molar-refractivity contribution in [3.63, 3.8) is 0 Å². The van der Waals surface area contributed by atoms with Crippen LogP contribution in [0.2, 0.25) is 0 Å². The number of nitrogens with zero attached hydrogens (tertiary/aromatic N) is 4. The number of ether oxygens (including phenoxy) is 1. The zero-order valence-corrected chi connectivity index (χ0v) is 23.7. The Morgan fingerprint density at radius 2 is 1.48 bits per heavy atom. The van der Waals surface area contributed by atoms with Gasteiger partial charge < -0.3 is 4.74 Å². The summed E-state index contributed by atoms with van der Waals surface area (Å²) in [5.74, 6) is 1.50. The number of para-hydroxylation sites is 2. The van der Waals surface area contributed by atoms with E-state index in [9.17, 15) is 0 Å². The lowest BCUT2D eigenvalue weighted by molar-refractivity contribution is 0.484. The lowest BCUT2D eigenvalue weighted by Crippen LogP contribution is -2.11. The highest BCUT2D eigenvalue weighted by molar-refractivity contribution is 6.12. The van der Waals surface area contributed by atoms with E-state index >= 15 is 0 Å². The molecule has 0 aliphatic heterocycles. The lowest BCUT2D eigenvalue weighted by atomic mass is 9.86. The van der Waals surface area contributed by atoms with Crippen molar-refractivity contribution in [3.8, 4) is 22.8 Å². The van der Waals surface area contributed by atoms with Crippen molar-refractivity contribution in [2.75, 3.05) is 0 Å². The topological polar surface area (TPSA) is 52.3 Å². The van der Waals surface area contributed by atoms with Crippen LogP contribution in [0.1, 0.15) is 26.3 Å². The van der Waals surface area contributed by atoms with Crippen molar-refractivity contribution in [2.45, 2.75) is 26.2 Å². The van der Waals surface area contributed by atoms with Crippen LogP contribution in [0.25, 0.3) is 60.5 Å². The molecule has 0 bridgehead atoms. The zero-order valence-electron chi connectivity index (χ0n) is 23.7. The normalized spacial score (nSPS) is 12.2. The Hall–Kier alpha value is -5.29. The average Bonchev–Trinajstić information content (AvgIpc) is 3.41. The molecule has 4 aromatic carbocycles. The molecule has 0 N–H and O–H groups in total. The van der Waals surface area contributed by atoms with Crippen molar-refractivity contribution < 1.29 is 4.74 Å². The number of hydrogen-bond acceptors (Lipinski definition) is 4. The highest BCUT2D eigenvalue weighted by atomic mass is 16.5. The van der Waals surface area contributed by atoms with Gasteiger partial charge in [-0.05, 0) is 88.5 Å². The van der Waals surface area contributed by atoms with Gasteiger partial charge in [-0.25, -0.2) is 4.98 Å². The first-order valence-electron chi connectivity index (χ1n) is 14.2. The Balaban J connectivity index is 1.31. The second-order valence-corrected chi connectivity index (χ2v) is 11.8. The fraction of sp³-hybridized carbons (Fsp3) is 0.108. The SMILES string of the molecule is CC(C)(C)c1ccnc(-c2cc(Oc3ccc4c(c3)c3nc5ccccc5n3c3cccnc43)cc3ccccc23)c1. The smallest absolute Gasteiger partial charge is 0.146 e. The van der Waals surface area contributed by atoms with Crippen LogP contribution in [0.15, 0.2) is 116 Å². The minimum Gasteiger partial charge on any atom is -0.457 e. The summed E-state index contributed by atoms with van der Waals surface area (Å²) in [6.45, 7) is 6.67. The summed E-state index contributed by atoms with van der Waals surface area (Å²) in [6.07, 6.45) is 3.75. The van der Waals surface area contributed by atoms with E-state index in [2.05, 4.69) is 104 Å². The summed E-state index contributed by atoms with van der Waals surface area (Å²) in [7, 11) is 0. The predicted molar refractivity (Wildman–Crippen MR) is 171 cm³/mol. The Kier molecular flexibility index (Phi) is 5.32. The number of imidazole rings is 1. The molecule has 5 nitrogen and oxygen atoms in total. The standard InChI is InChI=1S/C37H28N4O/c1-37(2,3)24-16-18-38-32(20-24)29-22-26(19-23-9-4-5-10-27(23)29)42-25-14-15-28-30(21-25)36-40-31-11-6-7-12-33(31)41(36)34-13-8-17-39-35(28)34/h4-22H,1-3H3. The van der Waals surface area contributed by atoms with E-state index in [1.54, 1.807) is 0 Å². The molecule has 0 spiro atoms. The van der Waals surface area contributed by atoms with Crippen LogP contribution in [-0.2, 0) is 5.41 Å². The van der Waals surface area contributed by atoms with Gasteiger partial charge in [-0.1, -0.05) is 57.2 Å². The van der Waals surface area contributed by atoms with Gasteiger partial charge in [0, 0.05) is 28.7 Å². The van der Waals surface area contributed by atoms with Gasteiger partial charge in [0.2, 0.25) is 0 Å². The number of benzene rings is 4. The first kappa shape index (κ1) is 24.5. The molecule has 8 rings (SSSR count). The largest absolute Gasteiger partial charge is 0.457 e. The van der Waals surface area contributed by atoms with E-state index in [4.69, 9.17) is 19.7 Å². The molecule has 0 aliphatic carbocycles. The molecule has 0 unspecified atom stereocenters. The fourth-order valence-electron chi connectivity index (χ4n) is 5.95. The molecule has 202 valence electrons. The van der Waals surface area contributed by atoms with Crippen molar-refractivity contribution >= 4 is 49.3 Å². The summed E-state index contributed by atoms with van der Waals surface area (Å²) in [5, 5.41) is 4.29. The first-order valence-corrected chi connectivity index (χ1v) is 14.2. The van der Waals surface area contributed by atoms with Crippen molar-refractivity contribution in [1.82, 2.24) is 19.4 Å². The molecule has 8 aromatic rings. The van der Waals surface area contributed by atoms with Crippen LogP contribution in [0.4, 0.5) is 0 Å². The number of fused-ring (bicyclic) bond motifs is 9. The van der Waals surface area contributed by atoms with Gasteiger partial charge in [0.05, 0.1) is 27.8 Å². The average molecular weight is 545 g/mol. The predicted octanol–water partition coefficient (Wildman–Crippen LogP) is 9.49. The Morgan fingerprint density at radius 1 is 0.643 bits per heavy atom. The molecule has 0 fully saturated rings. The summed E-state index contributed by atoms with van der Waals surface area (Å²) in [4.78, 5) is 14.6. The summed E-state index contributed by atoms with van der Waals surface area (Å²) in [5.41, 5.74) is 8.12. The van der Waals surface area contributed by atoms with Gasteiger partial charge in [-0.15, -0.1) is 0 Å². The van der Waals surface area contributed by atoms with Gasteiger partial charge in [-0.3, -0.25) is 14.4 Å². The van der Waals surface area contributed by atoms with Gasteiger partial charge >= 0.3 is 0 Å². The summed E-state index contributed by atoms with van der Waals surface area (Å²) >= 11 is 0. The molecule has 42 heavy (non-hydrogen) atoms. The van der Waals surface area contributed by atoms with Crippen molar-refractivity contribution in [3.05, 3.63) is 121 Å². The van der Waals surface area contributed by atoms with Gasteiger partial charge in [0.15, 0.2) is 0 Å². The maximum Gasteiger partial charge on any atom is 0.146 e. The molecular weight excluding hydrogens is 516 g/mol. The molecule has 4 heterocycles. The van der Waals surface area contributed by atoms with Crippen LogP contribution in [-0.4, -0.2) is 19.4 Å². The molecule has 5 heteroatoms. The molecule has 0 aliphatic rings. The molecule has 0 radical (unpaired) electrons. The Morgan fingerprint density at radius 3 is 2.38 bits per heavy atom. The van der Waals surface area contributed by atoms with Gasteiger partial charge in [0.1, 0.15) is 17.1 Å². The van der Waals surface area contributed by atoms with Crippen LogP contribution in [0.5, 0.6) is 11.5 Å². The van der Waals surface area contributed by atoms with Crippen LogP contribution in [0, 0.1) is 0 Å². The molecule has 0 saturated heterocycles. The summed E-state index contributed by atoms with van der Waals surface area (Å²) in [6, 6.07) is 35.4. The monoisotopic (exact) mass is 544 g/mol. The van der Waals surface area contributed by atoms with Crippen molar-refractivity contribution in [2.24, 2.45) is 0 Å². The number of rotatable bonds is 3. The maximum atomic E-state index is 6.60. The number of pyridine rings is 3. The van der Waals surface area contributed by atoms with E-state index in [1.165, 1.54) is 5.56 Å². The van der Waals surface area contributed by atoms with Gasteiger partial charge in [0.25, 0.3) is 0 Å². The van der Waals surface area contributed by atoms with E-state index in [0.717, 1.165) is 72.0 Å². The maximum absolute atomic E-state index is 6.60. The quantitative estimate of drug-likeness (QED) is 0.208. The third-order valence-corrected chi connectivity index (χ3v) is 8.05. The third-order valence-electron chi connectivity index (χ3n) is 8.05. The first-order chi connectivity index (χ1) is 20.4. The highest BCUT2D eigenvalue weighted by Crippen LogP contribution is 2.38. The second-order valence-electron chi connectivity index (χ2n) is 11.8. The summed E-state index contributed by atoms with van der Waals surface area (Å²) < 4.78 is 8.80. The lowest BCUT2D eigenvalue weighted by Gasteiger charge is -2.20. The van der Waals surface area contributed by atoms with E-state index in [1.807, 2.05) is 36.7 Å². The third kappa shape index (κ3) is 3.89. The van der Waals surface area contributed by atoms with Gasteiger partial charge in [-0.2, -0.15) is 0 Å². The molecule has 0 saturated carbocycles. The van der Waals surface area contributed by atoms with Crippen LogP contribution in [0.3, 0.4) is 0 Å². The molecular formula is C37H28N4O. The van der Waals surface area contributed by atoms with E-state index < -0.39 is 0 Å². The Bertz CT molecular complexity index is 2330. The Labute approximate surface area is 243 Å². The zero-order chi connectivity index (χ0) is 28.4. The second kappa shape index (κ2) is 9.11. The number of hydrogen-bond donors (Lipinski definition) is 0. The van der Waals surface area contributed by atoms with Crippen LogP contribution < -0.4 is 4.74 Å². The minimum absolute atomic E-state index is 0.0225. The van der Waals surface area contributed by atoms with Crippen molar-refractivity contribution in [1.29, 1.82) is 0 Å². The van der Waals surface area contributed by atoms with Crippen LogP contribution >= 0.6 is 0 Å².